The summed E-state index contributed by atoms with van der Waals surface area (Å²) in [5.74, 6) is 0.725. The van der Waals surface area contributed by atoms with E-state index >= 15 is 0 Å². The van der Waals surface area contributed by atoms with Crippen molar-refractivity contribution in [3.8, 4) is 0 Å². The van der Waals surface area contributed by atoms with Crippen LogP contribution in [0.2, 0.25) is 5.28 Å². The van der Waals surface area contributed by atoms with Crippen molar-refractivity contribution in [2.75, 3.05) is 5.32 Å². The van der Waals surface area contributed by atoms with Crippen LogP contribution in [0.15, 0.2) is 18.5 Å². The zero-order valence-electron chi connectivity index (χ0n) is 15.4. The van der Waals surface area contributed by atoms with Crippen molar-refractivity contribution in [1.29, 1.82) is 0 Å². The Morgan fingerprint density at radius 1 is 1.31 bits per heavy atom. The molecule has 0 radical (unpaired) electrons. The molecule has 0 aromatic carbocycles. The highest BCUT2D eigenvalue weighted by Gasteiger charge is 2.24. The van der Waals surface area contributed by atoms with Gasteiger partial charge in [0, 0.05) is 18.5 Å². The standard InChI is InChI=1S/C18H25ClN6O/c1-4-11(5-2)22-16-15-17(24-18(19)23-16)25(10-20-15)13-8-7-12(9-13)21-14(26)6-3/h7-8,10-13H,4-6,9H2,1-3H3,(H,21,26)(H,22,23,24)/t12-,13+/m1/s1. The van der Waals surface area contributed by atoms with Gasteiger partial charge in [-0.1, -0.05) is 32.9 Å². The minimum atomic E-state index is 0.0318. The molecule has 0 saturated carbocycles. The summed E-state index contributed by atoms with van der Waals surface area (Å²) < 4.78 is 2.00. The van der Waals surface area contributed by atoms with Crippen molar-refractivity contribution in [2.24, 2.45) is 0 Å². The summed E-state index contributed by atoms with van der Waals surface area (Å²) >= 11 is 6.17. The molecule has 2 heterocycles. The van der Waals surface area contributed by atoms with Gasteiger partial charge in [-0.05, 0) is 30.9 Å². The number of amides is 1. The number of nitrogens with zero attached hydrogens (tertiary/aromatic N) is 4. The molecule has 0 spiro atoms. The van der Waals surface area contributed by atoms with E-state index in [1.54, 1.807) is 6.33 Å². The fourth-order valence-electron chi connectivity index (χ4n) is 3.22. The monoisotopic (exact) mass is 376 g/mol. The van der Waals surface area contributed by atoms with E-state index in [4.69, 9.17) is 11.6 Å². The Morgan fingerprint density at radius 2 is 2.08 bits per heavy atom. The third-order valence-corrected chi connectivity index (χ3v) is 4.98. The number of halogens is 1. The number of anilines is 1. The van der Waals surface area contributed by atoms with Crippen LogP contribution in [0.5, 0.6) is 0 Å². The maximum Gasteiger partial charge on any atom is 0.226 e. The zero-order chi connectivity index (χ0) is 18.7. The first-order valence-electron chi connectivity index (χ1n) is 9.19. The molecule has 2 aromatic heterocycles. The van der Waals surface area contributed by atoms with Gasteiger partial charge >= 0.3 is 0 Å². The maximum absolute atomic E-state index is 11.6. The van der Waals surface area contributed by atoms with Gasteiger partial charge in [0.15, 0.2) is 17.0 Å². The fraction of sp³-hybridized carbons (Fsp3) is 0.556. The Bertz CT molecular complexity index is 813. The second-order valence-corrected chi connectivity index (χ2v) is 6.88. The van der Waals surface area contributed by atoms with Crippen LogP contribution in [0.1, 0.15) is 52.5 Å². The van der Waals surface area contributed by atoms with Gasteiger partial charge in [-0.25, -0.2) is 4.98 Å². The SMILES string of the molecule is CCC(=O)N[C@@H]1C=C[C@H](n2cnc3c(NC(CC)CC)nc(Cl)nc32)C1. The quantitative estimate of drug-likeness (QED) is 0.570. The molecule has 1 aliphatic rings. The van der Waals surface area contributed by atoms with E-state index < -0.39 is 0 Å². The molecule has 1 aliphatic carbocycles. The van der Waals surface area contributed by atoms with Crippen molar-refractivity contribution < 1.29 is 4.79 Å². The summed E-state index contributed by atoms with van der Waals surface area (Å²) in [4.78, 5) is 24.9. The second-order valence-electron chi connectivity index (χ2n) is 6.54. The second kappa shape index (κ2) is 8.03. The van der Waals surface area contributed by atoms with Crippen LogP contribution >= 0.6 is 11.6 Å². The lowest BCUT2D eigenvalue weighted by Crippen LogP contribution is -2.32. The van der Waals surface area contributed by atoms with E-state index in [0.29, 0.717) is 23.9 Å². The molecule has 140 valence electrons. The molecule has 1 amide bonds. The smallest absolute Gasteiger partial charge is 0.226 e. The molecule has 0 unspecified atom stereocenters. The molecule has 0 aliphatic heterocycles. The van der Waals surface area contributed by atoms with Crippen LogP contribution in [0.3, 0.4) is 0 Å². The Labute approximate surface area is 158 Å². The lowest BCUT2D eigenvalue weighted by atomic mass is 10.2. The van der Waals surface area contributed by atoms with Crippen molar-refractivity contribution in [1.82, 2.24) is 24.8 Å². The minimum Gasteiger partial charge on any atom is -0.365 e. The van der Waals surface area contributed by atoms with Crippen LogP contribution in [-0.4, -0.2) is 37.5 Å². The molecule has 8 heteroatoms. The van der Waals surface area contributed by atoms with Gasteiger partial charge in [-0.3, -0.25) is 4.79 Å². The Hall–Kier alpha value is -2.15. The number of allylic oxidation sites excluding steroid dienone is 1. The molecule has 0 bridgehead atoms. The highest BCUT2D eigenvalue weighted by atomic mass is 35.5. The van der Waals surface area contributed by atoms with Crippen LogP contribution in [0, 0.1) is 0 Å². The van der Waals surface area contributed by atoms with Crippen molar-refractivity contribution in [3.63, 3.8) is 0 Å². The van der Waals surface area contributed by atoms with Gasteiger partial charge in [-0.15, -0.1) is 0 Å². The molecule has 0 saturated heterocycles. The Balaban J connectivity index is 1.86. The number of rotatable bonds is 7. The lowest BCUT2D eigenvalue weighted by molar-refractivity contribution is -0.121. The van der Waals surface area contributed by atoms with Crippen molar-refractivity contribution in [2.45, 2.75) is 64.6 Å². The molecule has 0 fully saturated rings. The summed E-state index contributed by atoms with van der Waals surface area (Å²) in [6, 6.07) is 0.424. The summed E-state index contributed by atoms with van der Waals surface area (Å²) in [6.07, 6.45) is 9.11. The van der Waals surface area contributed by atoms with E-state index in [1.807, 2.05) is 17.6 Å². The molecular formula is C18H25ClN6O. The third-order valence-electron chi connectivity index (χ3n) is 4.81. The van der Waals surface area contributed by atoms with Crippen LogP contribution < -0.4 is 10.6 Å². The number of nitrogens with one attached hydrogen (secondary N) is 2. The van der Waals surface area contributed by atoms with Crippen molar-refractivity contribution in [3.05, 3.63) is 23.8 Å². The van der Waals surface area contributed by atoms with Gasteiger partial charge in [0.25, 0.3) is 0 Å². The number of carbonyl (C=O) groups is 1. The fourth-order valence-corrected chi connectivity index (χ4v) is 3.39. The first kappa shape index (κ1) is 18.6. The third kappa shape index (κ3) is 3.82. The highest BCUT2D eigenvalue weighted by molar-refractivity contribution is 6.28. The number of imidazole rings is 1. The van der Waals surface area contributed by atoms with Gasteiger partial charge in [0.05, 0.1) is 12.4 Å². The van der Waals surface area contributed by atoms with E-state index in [-0.39, 0.29) is 23.3 Å². The summed E-state index contributed by atoms with van der Waals surface area (Å²) in [7, 11) is 0. The topological polar surface area (TPSA) is 84.7 Å². The highest BCUT2D eigenvalue weighted by Crippen LogP contribution is 2.29. The molecule has 7 nitrogen and oxygen atoms in total. The Morgan fingerprint density at radius 3 is 2.77 bits per heavy atom. The first-order valence-corrected chi connectivity index (χ1v) is 9.57. The normalized spacial score (nSPS) is 19.4. The van der Waals surface area contributed by atoms with Gasteiger partial charge in [-0.2, -0.15) is 9.97 Å². The average Bonchev–Trinajstić information content (AvgIpc) is 3.25. The number of fused-ring (bicyclic) bond motifs is 1. The van der Waals surface area contributed by atoms with Crippen LogP contribution in [0.4, 0.5) is 5.82 Å². The largest absolute Gasteiger partial charge is 0.365 e. The number of hydrogen-bond donors (Lipinski definition) is 2. The van der Waals surface area contributed by atoms with Gasteiger partial charge in [0.1, 0.15) is 0 Å². The predicted molar refractivity (Wildman–Crippen MR) is 103 cm³/mol. The molecule has 3 rings (SSSR count). The number of hydrogen-bond acceptors (Lipinski definition) is 5. The molecular weight excluding hydrogens is 352 g/mol. The molecule has 2 aromatic rings. The van der Waals surface area contributed by atoms with E-state index in [9.17, 15) is 4.79 Å². The average molecular weight is 377 g/mol. The lowest BCUT2D eigenvalue weighted by Gasteiger charge is -2.17. The van der Waals surface area contributed by atoms with E-state index in [2.05, 4.69) is 45.5 Å². The van der Waals surface area contributed by atoms with Gasteiger partial charge < -0.3 is 15.2 Å². The molecule has 2 N–H and O–H groups in total. The van der Waals surface area contributed by atoms with Gasteiger partial charge in [0.2, 0.25) is 11.2 Å². The summed E-state index contributed by atoms with van der Waals surface area (Å²) in [6.45, 7) is 6.11. The predicted octanol–water partition coefficient (Wildman–Crippen LogP) is 3.48. The first-order chi connectivity index (χ1) is 12.5. The van der Waals surface area contributed by atoms with E-state index in [1.165, 1.54) is 0 Å². The maximum atomic E-state index is 11.6. The molecule has 2 atom stereocenters. The minimum absolute atomic E-state index is 0.0318. The van der Waals surface area contributed by atoms with Crippen LogP contribution in [-0.2, 0) is 4.79 Å². The summed E-state index contributed by atoms with van der Waals surface area (Å²) in [5, 5.41) is 6.62. The number of aromatic nitrogens is 4. The zero-order valence-corrected chi connectivity index (χ0v) is 16.1. The van der Waals surface area contributed by atoms with E-state index in [0.717, 1.165) is 24.8 Å². The molecule has 26 heavy (non-hydrogen) atoms. The Kier molecular flexibility index (Phi) is 5.76. The van der Waals surface area contributed by atoms with Crippen LogP contribution in [0.25, 0.3) is 11.2 Å². The number of carbonyl (C=O) groups excluding carboxylic acids is 1. The van der Waals surface area contributed by atoms with Crippen molar-refractivity contribution >= 4 is 34.5 Å². The summed E-state index contributed by atoms with van der Waals surface area (Å²) in [5.41, 5.74) is 1.42.